The first-order valence-corrected chi connectivity index (χ1v) is 3.16. The summed E-state index contributed by atoms with van der Waals surface area (Å²) in [6.07, 6.45) is 1.28. The molecule has 12 heavy (non-hydrogen) atoms. The normalized spacial score (nSPS) is 9.08. The molecule has 0 atom stereocenters. The zero-order chi connectivity index (χ0) is 9.14. The van der Waals surface area contributed by atoms with E-state index in [1.165, 1.54) is 18.0 Å². The van der Waals surface area contributed by atoms with Crippen molar-refractivity contribution in [1.29, 1.82) is 5.39 Å². The lowest BCUT2D eigenvalue weighted by Crippen LogP contribution is -1.99. The second-order valence-electron chi connectivity index (χ2n) is 2.10. The number of ether oxygens (including phenoxy) is 1. The van der Waals surface area contributed by atoms with Crippen LogP contribution in [0.4, 0.5) is 5.82 Å². The Hall–Kier alpha value is -1.90. The van der Waals surface area contributed by atoms with Gasteiger partial charge < -0.3 is 4.74 Å². The number of carbonyl (C=O) groups excluding carboxylic acids is 1. The van der Waals surface area contributed by atoms with Gasteiger partial charge in [0.2, 0.25) is 0 Å². The molecule has 6 heteroatoms. The Balaban J connectivity index is 3.18. The maximum atomic E-state index is 11.0. The van der Waals surface area contributed by atoms with Gasteiger partial charge in [0.1, 0.15) is 7.05 Å². The topological polar surface area (TPSA) is 72.3 Å². The first-order chi connectivity index (χ1) is 5.70. The van der Waals surface area contributed by atoms with Gasteiger partial charge in [-0.15, -0.1) is 4.68 Å². The monoisotopic (exact) mass is 167 g/mol. The van der Waals surface area contributed by atoms with Crippen LogP contribution in [0.25, 0.3) is 4.98 Å². The lowest BCUT2D eigenvalue weighted by atomic mass is 10.3. The van der Waals surface area contributed by atoms with Crippen molar-refractivity contribution in [3.05, 3.63) is 16.7 Å². The zero-order valence-corrected chi connectivity index (χ0v) is 6.68. The van der Waals surface area contributed by atoms with Gasteiger partial charge in [-0.25, -0.2) is 4.79 Å². The molecule has 0 saturated carbocycles. The maximum absolute atomic E-state index is 11.0. The summed E-state index contributed by atoms with van der Waals surface area (Å²) < 4.78 is 5.70. The molecule has 1 aromatic rings. The highest BCUT2D eigenvalue weighted by atomic mass is 16.5. The number of hydrogen-bond acceptors (Lipinski definition) is 4. The fourth-order valence-corrected chi connectivity index (χ4v) is 0.804. The molecule has 62 valence electrons. The van der Waals surface area contributed by atoms with Crippen molar-refractivity contribution in [1.82, 2.24) is 9.78 Å². The Morgan fingerprint density at radius 2 is 2.50 bits per heavy atom. The van der Waals surface area contributed by atoms with Crippen LogP contribution in [0.2, 0.25) is 0 Å². The third-order valence-electron chi connectivity index (χ3n) is 1.41. The number of aromatic nitrogens is 2. The molecule has 1 aromatic heterocycles. The van der Waals surface area contributed by atoms with Crippen LogP contribution in [0.15, 0.2) is 6.20 Å². The van der Waals surface area contributed by atoms with Gasteiger partial charge >= 0.3 is 11.8 Å². The molecular formula is C6H7N4O2+. The lowest BCUT2D eigenvalue weighted by molar-refractivity contribution is 0.0602. The Morgan fingerprint density at radius 1 is 1.83 bits per heavy atom. The van der Waals surface area contributed by atoms with E-state index in [-0.39, 0.29) is 11.4 Å². The molecule has 6 nitrogen and oxygen atoms in total. The number of rotatable bonds is 1. The van der Waals surface area contributed by atoms with Crippen molar-refractivity contribution in [3.63, 3.8) is 0 Å². The number of nitrogens with zero attached hydrogens (tertiary/aromatic N) is 4. The fraction of sp³-hybridized carbons (Fsp3) is 0.333. The Morgan fingerprint density at radius 3 is 3.00 bits per heavy atom. The summed E-state index contributed by atoms with van der Waals surface area (Å²) in [5.41, 5.74) is 0.141. The molecule has 0 bridgehead atoms. The quantitative estimate of drug-likeness (QED) is 0.455. The van der Waals surface area contributed by atoms with Crippen LogP contribution in [-0.2, 0) is 11.8 Å². The largest absolute Gasteiger partial charge is 0.465 e. The van der Waals surface area contributed by atoms with Gasteiger partial charge in [0.15, 0.2) is 5.56 Å². The number of esters is 1. The van der Waals surface area contributed by atoms with E-state index in [0.29, 0.717) is 0 Å². The van der Waals surface area contributed by atoms with Crippen molar-refractivity contribution in [2.24, 2.45) is 7.05 Å². The number of methoxy groups -OCH3 is 1. The molecular weight excluding hydrogens is 160 g/mol. The van der Waals surface area contributed by atoms with Gasteiger partial charge in [-0.1, -0.05) is 5.10 Å². The van der Waals surface area contributed by atoms with E-state index in [4.69, 9.17) is 5.39 Å². The molecule has 0 fully saturated rings. The summed E-state index contributed by atoms with van der Waals surface area (Å²) in [7, 11) is 2.80. The summed E-state index contributed by atoms with van der Waals surface area (Å²) >= 11 is 0. The molecule has 0 radical (unpaired) electrons. The highest BCUT2D eigenvalue weighted by Crippen LogP contribution is 2.17. The molecule has 0 aliphatic carbocycles. The van der Waals surface area contributed by atoms with Gasteiger partial charge in [0, 0.05) is 4.98 Å². The molecule has 0 amide bonds. The molecule has 1 heterocycles. The maximum Gasteiger partial charge on any atom is 0.460 e. The number of diazo groups is 1. The highest BCUT2D eigenvalue weighted by Gasteiger charge is 2.25. The van der Waals surface area contributed by atoms with E-state index in [9.17, 15) is 4.79 Å². The summed E-state index contributed by atoms with van der Waals surface area (Å²) in [6, 6.07) is 0. The predicted octanol–water partition coefficient (Wildman–Crippen LogP) is 0.691. The van der Waals surface area contributed by atoms with Crippen LogP contribution in [0, 0.1) is 5.39 Å². The summed E-state index contributed by atoms with van der Waals surface area (Å²) in [6.45, 7) is 0. The summed E-state index contributed by atoms with van der Waals surface area (Å²) in [4.78, 5) is 13.9. The Kier molecular flexibility index (Phi) is 2.05. The highest BCUT2D eigenvalue weighted by molar-refractivity contribution is 5.94. The Labute approximate surface area is 68.4 Å². The average Bonchev–Trinajstić information content (AvgIpc) is 2.45. The third kappa shape index (κ3) is 1.12. The summed E-state index contributed by atoms with van der Waals surface area (Å²) in [5, 5.41) is 12.2. The van der Waals surface area contributed by atoms with Crippen molar-refractivity contribution in [3.8, 4) is 0 Å². The minimum atomic E-state index is -0.573. The van der Waals surface area contributed by atoms with Crippen LogP contribution in [0.5, 0.6) is 0 Å². The fourth-order valence-electron chi connectivity index (χ4n) is 0.804. The van der Waals surface area contributed by atoms with Crippen LogP contribution in [0.1, 0.15) is 10.4 Å². The van der Waals surface area contributed by atoms with Gasteiger partial charge in [-0.3, -0.25) is 0 Å². The molecule has 0 N–H and O–H groups in total. The standard InChI is InChI=1S/C6H7N4O2/c1-10-5(9-7)4(3-8-10)6(11)12-2/h3H,1-2H3/q+1. The van der Waals surface area contributed by atoms with Crippen LogP contribution >= 0.6 is 0 Å². The van der Waals surface area contributed by atoms with Gasteiger partial charge in [-0.05, 0) is 0 Å². The van der Waals surface area contributed by atoms with E-state index in [0.717, 1.165) is 0 Å². The van der Waals surface area contributed by atoms with Crippen molar-refractivity contribution in [2.75, 3.05) is 7.11 Å². The molecule has 1 rings (SSSR count). The average molecular weight is 167 g/mol. The lowest BCUT2D eigenvalue weighted by Gasteiger charge is -1.88. The van der Waals surface area contributed by atoms with Crippen LogP contribution in [0.3, 0.4) is 0 Å². The minimum Gasteiger partial charge on any atom is -0.465 e. The van der Waals surface area contributed by atoms with Gasteiger partial charge in [0.05, 0.1) is 18.7 Å². The smallest absolute Gasteiger partial charge is 0.460 e. The molecule has 0 aliphatic heterocycles. The second kappa shape index (κ2) is 3.00. The van der Waals surface area contributed by atoms with E-state index in [1.54, 1.807) is 7.05 Å². The Bertz CT molecular complexity index is 349. The predicted molar refractivity (Wildman–Crippen MR) is 39.3 cm³/mol. The molecule has 0 unspecified atom stereocenters. The number of aryl methyl sites for hydroxylation is 1. The first kappa shape index (κ1) is 8.20. The number of carbonyl (C=O) groups is 1. The second-order valence-corrected chi connectivity index (χ2v) is 2.10. The van der Waals surface area contributed by atoms with Crippen molar-refractivity contribution >= 4 is 11.8 Å². The van der Waals surface area contributed by atoms with E-state index < -0.39 is 5.97 Å². The van der Waals surface area contributed by atoms with Crippen LogP contribution in [-0.4, -0.2) is 22.9 Å². The summed E-state index contributed by atoms with van der Waals surface area (Å²) in [5.74, 6) is -0.488. The molecule has 0 saturated heterocycles. The van der Waals surface area contributed by atoms with Crippen LogP contribution < -0.4 is 0 Å². The third-order valence-corrected chi connectivity index (χ3v) is 1.41. The van der Waals surface area contributed by atoms with E-state index in [2.05, 4.69) is 14.8 Å². The van der Waals surface area contributed by atoms with Gasteiger partial charge in [-0.2, -0.15) is 0 Å². The van der Waals surface area contributed by atoms with E-state index in [1.807, 2.05) is 0 Å². The van der Waals surface area contributed by atoms with Gasteiger partial charge in [0.25, 0.3) is 0 Å². The SMILES string of the molecule is COC(=O)c1cnn(C)c1[N+]#N. The molecule has 0 aromatic carbocycles. The first-order valence-electron chi connectivity index (χ1n) is 3.16. The molecule has 0 spiro atoms. The molecule has 0 aliphatic rings. The minimum absolute atomic E-state index is 0.0850. The zero-order valence-electron chi connectivity index (χ0n) is 6.68. The number of hydrogen-bond donors (Lipinski definition) is 0. The van der Waals surface area contributed by atoms with Crippen molar-refractivity contribution < 1.29 is 9.53 Å². The van der Waals surface area contributed by atoms with Crippen molar-refractivity contribution in [2.45, 2.75) is 0 Å². The van der Waals surface area contributed by atoms with E-state index >= 15 is 0 Å².